The summed E-state index contributed by atoms with van der Waals surface area (Å²) in [5, 5.41) is 0.707. The minimum Gasteiger partial charge on any atom is -0.383 e. The number of nitrogens with zero attached hydrogens (tertiary/aromatic N) is 2. The van der Waals surface area contributed by atoms with Crippen LogP contribution in [0.25, 0.3) is 11.3 Å². The van der Waals surface area contributed by atoms with Gasteiger partial charge in [0.25, 0.3) is 0 Å². The maximum absolute atomic E-state index is 5.81. The van der Waals surface area contributed by atoms with Crippen molar-refractivity contribution in [2.45, 2.75) is 6.92 Å². The van der Waals surface area contributed by atoms with Crippen LogP contribution in [-0.2, 0) is 0 Å². The number of rotatable bonds is 1. The summed E-state index contributed by atoms with van der Waals surface area (Å²) in [5.41, 5.74) is 8.44. The highest BCUT2D eigenvalue weighted by atomic mass is 35.5. The maximum Gasteiger partial charge on any atom is 0.130 e. The summed E-state index contributed by atoms with van der Waals surface area (Å²) in [6, 6.07) is 7.48. The minimum absolute atomic E-state index is 0.509. The highest BCUT2D eigenvalue weighted by molar-refractivity contribution is 6.30. The molecule has 4 heteroatoms. The van der Waals surface area contributed by atoms with Crippen LogP contribution in [0, 0.1) is 6.92 Å². The lowest BCUT2D eigenvalue weighted by Gasteiger charge is -2.06. The van der Waals surface area contributed by atoms with Crippen molar-refractivity contribution in [1.29, 1.82) is 0 Å². The monoisotopic (exact) mass is 219 g/mol. The molecular weight excluding hydrogens is 210 g/mol. The molecule has 1 aromatic heterocycles. The largest absolute Gasteiger partial charge is 0.383 e. The molecule has 2 aromatic rings. The average molecular weight is 220 g/mol. The number of nitrogen functional groups attached to an aromatic ring is 1. The van der Waals surface area contributed by atoms with E-state index < -0.39 is 0 Å². The first-order valence-corrected chi connectivity index (χ1v) is 4.89. The first-order valence-electron chi connectivity index (χ1n) is 4.51. The molecule has 15 heavy (non-hydrogen) atoms. The SMILES string of the molecule is Cc1c(N)ncnc1-c1ccc(Cl)cc1. The molecule has 0 amide bonds. The van der Waals surface area contributed by atoms with Crippen LogP contribution in [0.1, 0.15) is 5.56 Å². The molecule has 0 atom stereocenters. The molecule has 76 valence electrons. The van der Waals surface area contributed by atoms with Gasteiger partial charge >= 0.3 is 0 Å². The summed E-state index contributed by atoms with van der Waals surface area (Å²) < 4.78 is 0. The summed E-state index contributed by atoms with van der Waals surface area (Å²) in [7, 11) is 0. The van der Waals surface area contributed by atoms with Crippen molar-refractivity contribution >= 4 is 17.4 Å². The van der Waals surface area contributed by atoms with Gasteiger partial charge in [-0.05, 0) is 19.1 Å². The molecular formula is C11H10ClN3. The van der Waals surface area contributed by atoms with Gasteiger partial charge in [0.1, 0.15) is 12.1 Å². The summed E-state index contributed by atoms with van der Waals surface area (Å²) in [6.45, 7) is 1.90. The molecule has 0 fully saturated rings. The third kappa shape index (κ3) is 1.92. The summed E-state index contributed by atoms with van der Waals surface area (Å²) in [4.78, 5) is 8.13. The number of anilines is 1. The quantitative estimate of drug-likeness (QED) is 0.802. The van der Waals surface area contributed by atoms with Crippen LogP contribution in [0.4, 0.5) is 5.82 Å². The van der Waals surface area contributed by atoms with Crippen molar-refractivity contribution in [3.05, 3.63) is 41.2 Å². The van der Waals surface area contributed by atoms with E-state index in [1.165, 1.54) is 6.33 Å². The lowest BCUT2D eigenvalue weighted by Crippen LogP contribution is -1.98. The number of nitrogens with two attached hydrogens (primary N) is 1. The molecule has 0 bridgehead atoms. The fourth-order valence-electron chi connectivity index (χ4n) is 1.36. The van der Waals surface area contributed by atoms with Gasteiger partial charge < -0.3 is 5.73 Å². The van der Waals surface area contributed by atoms with Crippen LogP contribution >= 0.6 is 11.6 Å². The lowest BCUT2D eigenvalue weighted by atomic mass is 10.1. The van der Waals surface area contributed by atoms with E-state index in [2.05, 4.69) is 9.97 Å². The smallest absolute Gasteiger partial charge is 0.130 e. The van der Waals surface area contributed by atoms with E-state index in [1.807, 2.05) is 31.2 Å². The van der Waals surface area contributed by atoms with Crippen molar-refractivity contribution in [3.63, 3.8) is 0 Å². The molecule has 0 aliphatic carbocycles. The van der Waals surface area contributed by atoms with Crippen molar-refractivity contribution in [2.75, 3.05) is 5.73 Å². The van der Waals surface area contributed by atoms with Crippen molar-refractivity contribution in [3.8, 4) is 11.3 Å². The second-order valence-corrected chi connectivity index (χ2v) is 3.68. The Morgan fingerprint density at radius 3 is 2.47 bits per heavy atom. The molecule has 0 radical (unpaired) electrons. The molecule has 0 aliphatic rings. The number of halogens is 1. The Morgan fingerprint density at radius 2 is 1.80 bits per heavy atom. The number of hydrogen-bond donors (Lipinski definition) is 1. The van der Waals surface area contributed by atoms with Gasteiger partial charge in [0.2, 0.25) is 0 Å². The Hall–Kier alpha value is -1.61. The normalized spacial score (nSPS) is 10.3. The van der Waals surface area contributed by atoms with Gasteiger partial charge in [-0.25, -0.2) is 9.97 Å². The predicted octanol–water partition coefficient (Wildman–Crippen LogP) is 2.69. The summed E-state index contributed by atoms with van der Waals surface area (Å²) >= 11 is 5.81. The van der Waals surface area contributed by atoms with Crippen molar-refractivity contribution in [1.82, 2.24) is 9.97 Å². The van der Waals surface area contributed by atoms with Crippen LogP contribution < -0.4 is 5.73 Å². The Bertz CT molecular complexity index is 480. The summed E-state index contributed by atoms with van der Waals surface area (Å²) in [6.07, 6.45) is 1.46. The highest BCUT2D eigenvalue weighted by Gasteiger charge is 2.06. The Balaban J connectivity index is 2.54. The standard InChI is InChI=1S/C11H10ClN3/c1-7-10(14-6-15-11(7)13)8-2-4-9(12)5-3-8/h2-6H,1H3,(H2,13,14,15). The Morgan fingerprint density at radius 1 is 1.13 bits per heavy atom. The van der Waals surface area contributed by atoms with Gasteiger partial charge in [0.15, 0.2) is 0 Å². The van der Waals surface area contributed by atoms with Gasteiger partial charge in [-0.1, -0.05) is 23.7 Å². The van der Waals surface area contributed by atoms with Crippen LogP contribution in [0.3, 0.4) is 0 Å². The molecule has 2 rings (SSSR count). The average Bonchev–Trinajstić information content (AvgIpc) is 2.24. The van der Waals surface area contributed by atoms with Gasteiger partial charge in [-0.3, -0.25) is 0 Å². The highest BCUT2D eigenvalue weighted by Crippen LogP contribution is 2.24. The van der Waals surface area contributed by atoms with Crippen LogP contribution in [0.5, 0.6) is 0 Å². The second kappa shape index (κ2) is 3.87. The van der Waals surface area contributed by atoms with Crippen LogP contribution in [-0.4, -0.2) is 9.97 Å². The molecule has 0 unspecified atom stereocenters. The lowest BCUT2D eigenvalue weighted by molar-refractivity contribution is 1.14. The van der Waals surface area contributed by atoms with E-state index in [-0.39, 0.29) is 0 Å². The first kappa shape index (κ1) is 9.93. The van der Waals surface area contributed by atoms with Crippen LogP contribution in [0.15, 0.2) is 30.6 Å². The second-order valence-electron chi connectivity index (χ2n) is 3.24. The molecule has 0 aliphatic heterocycles. The van der Waals surface area contributed by atoms with E-state index in [4.69, 9.17) is 17.3 Å². The van der Waals surface area contributed by atoms with E-state index in [1.54, 1.807) is 0 Å². The zero-order chi connectivity index (χ0) is 10.8. The molecule has 1 heterocycles. The minimum atomic E-state index is 0.509. The fraction of sp³-hybridized carbons (Fsp3) is 0.0909. The zero-order valence-corrected chi connectivity index (χ0v) is 8.99. The number of aromatic nitrogens is 2. The molecule has 0 saturated carbocycles. The van der Waals surface area contributed by atoms with E-state index in [9.17, 15) is 0 Å². The zero-order valence-electron chi connectivity index (χ0n) is 8.24. The molecule has 0 spiro atoms. The third-order valence-corrected chi connectivity index (χ3v) is 2.49. The van der Waals surface area contributed by atoms with E-state index >= 15 is 0 Å². The van der Waals surface area contributed by atoms with E-state index in [0.29, 0.717) is 10.8 Å². The number of hydrogen-bond acceptors (Lipinski definition) is 3. The topological polar surface area (TPSA) is 51.8 Å². The molecule has 3 nitrogen and oxygen atoms in total. The third-order valence-electron chi connectivity index (χ3n) is 2.24. The van der Waals surface area contributed by atoms with Gasteiger partial charge in [-0.15, -0.1) is 0 Å². The molecule has 2 N–H and O–H groups in total. The van der Waals surface area contributed by atoms with Gasteiger partial charge in [0, 0.05) is 16.1 Å². The first-order chi connectivity index (χ1) is 7.18. The van der Waals surface area contributed by atoms with E-state index in [0.717, 1.165) is 16.8 Å². The van der Waals surface area contributed by atoms with Crippen molar-refractivity contribution < 1.29 is 0 Å². The van der Waals surface area contributed by atoms with Gasteiger partial charge in [-0.2, -0.15) is 0 Å². The van der Waals surface area contributed by atoms with Crippen LogP contribution in [0.2, 0.25) is 5.02 Å². The van der Waals surface area contributed by atoms with Crippen molar-refractivity contribution in [2.24, 2.45) is 0 Å². The fourth-order valence-corrected chi connectivity index (χ4v) is 1.49. The number of benzene rings is 1. The Kier molecular flexibility index (Phi) is 2.56. The van der Waals surface area contributed by atoms with Gasteiger partial charge in [0.05, 0.1) is 5.69 Å². The predicted molar refractivity (Wildman–Crippen MR) is 61.6 cm³/mol. The molecule has 1 aromatic carbocycles. The summed E-state index contributed by atoms with van der Waals surface area (Å²) in [5.74, 6) is 0.509. The Labute approximate surface area is 92.9 Å². The maximum atomic E-state index is 5.81. The molecule has 0 saturated heterocycles.